The molecule has 1 N–H and O–H groups in total. The Morgan fingerprint density at radius 1 is 1.22 bits per heavy atom. The van der Waals surface area contributed by atoms with Crippen LogP contribution in [0, 0.1) is 6.92 Å². The molecule has 1 heterocycles. The van der Waals surface area contributed by atoms with Crippen molar-refractivity contribution < 1.29 is 14.3 Å². The van der Waals surface area contributed by atoms with Crippen molar-refractivity contribution >= 4 is 41.2 Å². The summed E-state index contributed by atoms with van der Waals surface area (Å²) in [4.78, 5) is 24.4. The number of halogens is 1. The predicted molar refractivity (Wildman–Crippen MR) is 103 cm³/mol. The van der Waals surface area contributed by atoms with Crippen molar-refractivity contribution in [2.24, 2.45) is 5.10 Å². The number of carbonyl (C=O) groups is 2. The number of hydrazone groups is 1. The fourth-order valence-electron chi connectivity index (χ4n) is 2.06. The summed E-state index contributed by atoms with van der Waals surface area (Å²) >= 11 is 6.87. The van der Waals surface area contributed by atoms with Crippen LogP contribution in [0.25, 0.3) is 0 Å². The zero-order chi connectivity index (χ0) is 19.2. The van der Waals surface area contributed by atoms with Crippen LogP contribution in [0.5, 0.6) is 5.75 Å². The monoisotopic (exact) mass is 400 g/mol. The molecule has 0 aliphatic carbocycles. The highest BCUT2D eigenvalue weighted by molar-refractivity contribution is 7.07. The van der Waals surface area contributed by atoms with Gasteiger partial charge in [0.15, 0.2) is 0 Å². The minimum absolute atomic E-state index is 0.365. The fourth-order valence-corrected chi connectivity index (χ4v) is 2.80. The number of benzene rings is 2. The topological polar surface area (TPSA) is 93.5 Å². The highest BCUT2D eigenvalue weighted by Crippen LogP contribution is 2.16. The first kappa shape index (κ1) is 18.7. The zero-order valence-electron chi connectivity index (χ0n) is 14.0. The van der Waals surface area contributed by atoms with E-state index in [1.165, 1.54) is 12.3 Å². The molecular weight excluding hydrogens is 388 g/mol. The number of nitrogens with zero attached hydrogens (tertiary/aromatic N) is 3. The molecule has 1 amide bonds. The Hall–Kier alpha value is -3.10. The second-order valence-corrected chi connectivity index (χ2v) is 6.55. The number of ether oxygens (including phenoxy) is 1. The number of hydrogen-bond acceptors (Lipinski definition) is 7. The van der Waals surface area contributed by atoms with Crippen molar-refractivity contribution in [3.63, 3.8) is 0 Å². The molecule has 7 nitrogen and oxygen atoms in total. The van der Waals surface area contributed by atoms with Crippen LogP contribution in [0.1, 0.15) is 31.3 Å². The molecule has 0 unspecified atom stereocenters. The van der Waals surface area contributed by atoms with Crippen molar-refractivity contribution in [1.82, 2.24) is 15.0 Å². The minimum Gasteiger partial charge on any atom is -0.423 e. The summed E-state index contributed by atoms with van der Waals surface area (Å²) in [5.41, 5.74) is 4.05. The first-order valence-corrected chi connectivity index (χ1v) is 8.88. The summed E-state index contributed by atoms with van der Waals surface area (Å²) < 4.78 is 8.99. The summed E-state index contributed by atoms with van der Waals surface area (Å²) in [5.74, 6) is -0.488. The maximum atomic E-state index is 12.1. The molecule has 3 rings (SSSR count). The van der Waals surface area contributed by atoms with Crippen LogP contribution >= 0.6 is 23.1 Å². The number of amides is 1. The van der Waals surface area contributed by atoms with Gasteiger partial charge in [-0.05, 0) is 66.5 Å². The summed E-state index contributed by atoms with van der Waals surface area (Å²) in [6.07, 6.45) is 1.48. The maximum absolute atomic E-state index is 12.1. The molecule has 27 heavy (non-hydrogen) atoms. The maximum Gasteiger partial charge on any atom is 0.343 e. The van der Waals surface area contributed by atoms with Crippen molar-refractivity contribution in [2.45, 2.75) is 6.92 Å². The Morgan fingerprint density at radius 3 is 2.67 bits per heavy atom. The molecule has 3 aromatic rings. The van der Waals surface area contributed by atoms with Crippen LogP contribution in [0.15, 0.2) is 53.6 Å². The van der Waals surface area contributed by atoms with Crippen LogP contribution in [0.2, 0.25) is 5.02 Å². The van der Waals surface area contributed by atoms with E-state index in [0.29, 0.717) is 26.9 Å². The van der Waals surface area contributed by atoms with Gasteiger partial charge in [0.05, 0.1) is 17.5 Å². The van der Waals surface area contributed by atoms with Crippen LogP contribution in [-0.2, 0) is 0 Å². The first-order valence-electron chi connectivity index (χ1n) is 7.73. The molecule has 0 aliphatic rings. The molecule has 0 atom stereocenters. The van der Waals surface area contributed by atoms with Crippen LogP contribution in [0.4, 0.5) is 0 Å². The second-order valence-electron chi connectivity index (χ2n) is 5.36. The average molecular weight is 401 g/mol. The van der Waals surface area contributed by atoms with Crippen LogP contribution < -0.4 is 10.2 Å². The van der Waals surface area contributed by atoms with Gasteiger partial charge >= 0.3 is 5.97 Å². The van der Waals surface area contributed by atoms with Gasteiger partial charge in [-0.15, -0.1) is 5.10 Å². The summed E-state index contributed by atoms with van der Waals surface area (Å²) in [7, 11) is 0. The molecule has 0 fully saturated rings. The summed E-state index contributed by atoms with van der Waals surface area (Å²) in [5, 5.41) is 8.12. The van der Waals surface area contributed by atoms with Gasteiger partial charge in [-0.3, -0.25) is 4.79 Å². The largest absolute Gasteiger partial charge is 0.423 e. The lowest BCUT2D eigenvalue weighted by Gasteiger charge is -2.05. The molecular formula is C18H13ClN4O3S. The first-order chi connectivity index (χ1) is 13.0. The number of rotatable bonds is 5. The van der Waals surface area contributed by atoms with E-state index >= 15 is 0 Å². The lowest BCUT2D eigenvalue weighted by molar-refractivity contribution is 0.0734. The molecule has 0 radical (unpaired) electrons. The van der Waals surface area contributed by atoms with Gasteiger partial charge in [0, 0.05) is 5.02 Å². The van der Waals surface area contributed by atoms with Gasteiger partial charge in [-0.2, -0.15) is 5.10 Å². The van der Waals surface area contributed by atoms with E-state index < -0.39 is 5.97 Å². The van der Waals surface area contributed by atoms with Crippen molar-refractivity contribution in [3.05, 3.63) is 75.3 Å². The lowest BCUT2D eigenvalue weighted by atomic mass is 10.2. The smallest absolute Gasteiger partial charge is 0.343 e. The van der Waals surface area contributed by atoms with Gasteiger partial charge < -0.3 is 4.74 Å². The molecule has 0 saturated carbocycles. The van der Waals surface area contributed by atoms with Gasteiger partial charge in [-0.1, -0.05) is 22.2 Å². The Balaban J connectivity index is 1.58. The van der Waals surface area contributed by atoms with Crippen molar-refractivity contribution in [3.8, 4) is 5.75 Å². The second kappa shape index (κ2) is 8.52. The third kappa shape index (κ3) is 4.96. The molecule has 0 saturated heterocycles. The highest BCUT2D eigenvalue weighted by Gasteiger charge is 2.12. The number of hydrogen-bond donors (Lipinski definition) is 1. The summed E-state index contributed by atoms with van der Waals surface area (Å²) in [6.45, 7) is 1.70. The standard InChI is InChI=1S/C18H13ClN4O3S/c1-11-16(27-23-21-11)17(24)22-20-10-12-5-7-15(8-6-12)26-18(25)13-3-2-4-14(19)9-13/h2-10H,1H3,(H,22,24). The van der Waals surface area contributed by atoms with E-state index in [1.54, 1.807) is 49.4 Å². The predicted octanol–water partition coefficient (Wildman–Crippen LogP) is 3.48. The zero-order valence-corrected chi connectivity index (χ0v) is 15.6. The summed E-state index contributed by atoms with van der Waals surface area (Å²) in [6, 6.07) is 13.2. The molecule has 1 aromatic heterocycles. The van der Waals surface area contributed by atoms with E-state index in [2.05, 4.69) is 20.1 Å². The van der Waals surface area contributed by atoms with Gasteiger partial charge in [0.2, 0.25) is 0 Å². The average Bonchev–Trinajstić information content (AvgIpc) is 3.09. The van der Waals surface area contributed by atoms with Crippen molar-refractivity contribution in [1.29, 1.82) is 0 Å². The molecule has 0 bridgehead atoms. The Kier molecular flexibility index (Phi) is 5.90. The number of nitrogens with one attached hydrogen (secondary N) is 1. The number of carbonyl (C=O) groups excluding carboxylic acids is 2. The van der Waals surface area contributed by atoms with Crippen LogP contribution in [-0.4, -0.2) is 27.7 Å². The lowest BCUT2D eigenvalue weighted by Crippen LogP contribution is -2.17. The van der Waals surface area contributed by atoms with E-state index in [4.69, 9.17) is 16.3 Å². The highest BCUT2D eigenvalue weighted by atomic mass is 35.5. The van der Waals surface area contributed by atoms with E-state index in [1.807, 2.05) is 0 Å². The third-order valence-corrected chi connectivity index (χ3v) is 4.45. The van der Waals surface area contributed by atoms with Gasteiger partial charge in [0.25, 0.3) is 5.91 Å². The normalized spacial score (nSPS) is 10.7. The van der Waals surface area contributed by atoms with E-state index in [-0.39, 0.29) is 5.91 Å². The molecule has 0 spiro atoms. The molecule has 9 heteroatoms. The minimum atomic E-state index is -0.500. The van der Waals surface area contributed by atoms with E-state index in [9.17, 15) is 9.59 Å². The van der Waals surface area contributed by atoms with Gasteiger partial charge in [-0.25, -0.2) is 10.2 Å². The molecule has 0 aliphatic heterocycles. The molecule has 136 valence electrons. The Labute approximate surface area is 163 Å². The van der Waals surface area contributed by atoms with Crippen molar-refractivity contribution in [2.75, 3.05) is 0 Å². The Bertz CT molecular complexity index is 1000. The quantitative estimate of drug-likeness (QED) is 0.306. The number of aromatic nitrogens is 2. The Morgan fingerprint density at radius 2 is 2.00 bits per heavy atom. The third-order valence-electron chi connectivity index (χ3n) is 3.39. The van der Waals surface area contributed by atoms with Gasteiger partial charge in [0.1, 0.15) is 10.6 Å². The van der Waals surface area contributed by atoms with E-state index in [0.717, 1.165) is 17.1 Å². The number of esters is 1. The SMILES string of the molecule is Cc1nnsc1C(=O)NN=Cc1ccc(OC(=O)c2cccc(Cl)c2)cc1. The number of aryl methyl sites for hydroxylation is 1. The molecule has 2 aromatic carbocycles. The fraction of sp³-hybridized carbons (Fsp3) is 0.0556. The van der Waals surface area contributed by atoms with Crippen LogP contribution in [0.3, 0.4) is 0 Å².